The molecule has 0 fully saturated rings. The van der Waals surface area contributed by atoms with Crippen molar-refractivity contribution in [2.45, 2.75) is 19.8 Å². The predicted octanol–water partition coefficient (Wildman–Crippen LogP) is 6.23. The van der Waals surface area contributed by atoms with Crippen molar-refractivity contribution in [1.82, 2.24) is 4.57 Å². The molecule has 1 aromatic heterocycles. The Hall–Kier alpha value is -2.44. The number of halogens is 2. The summed E-state index contributed by atoms with van der Waals surface area (Å²) in [5.41, 5.74) is 3.80. The number of carbonyl (C=O) groups is 1. The topological polar surface area (TPSA) is 65.1 Å². The third kappa shape index (κ3) is 3.27. The zero-order chi connectivity index (χ0) is 20.0. The summed E-state index contributed by atoms with van der Waals surface area (Å²) in [6.45, 7) is 2.04. The predicted molar refractivity (Wildman–Crippen MR) is 112 cm³/mol. The monoisotopic (exact) mass is 458 g/mol. The molecule has 0 N–H and O–H groups in total. The lowest BCUT2D eigenvalue weighted by Gasteiger charge is -2.21. The fourth-order valence-corrected chi connectivity index (χ4v) is 4.18. The van der Waals surface area contributed by atoms with Gasteiger partial charge in [0, 0.05) is 28.2 Å². The number of rotatable bonds is 3. The fraction of sp³-hybridized carbons (Fsp3) is 0.190. The van der Waals surface area contributed by atoms with E-state index in [4.69, 9.17) is 11.6 Å². The van der Waals surface area contributed by atoms with Gasteiger partial charge in [-0.1, -0.05) is 46.6 Å². The first-order valence-electron chi connectivity index (χ1n) is 8.83. The Morgan fingerprint density at radius 1 is 1.14 bits per heavy atom. The minimum absolute atomic E-state index is 0.0874. The highest BCUT2D eigenvalue weighted by atomic mass is 79.9. The molecule has 142 valence electrons. The summed E-state index contributed by atoms with van der Waals surface area (Å²) in [4.78, 5) is 23.5. The molecule has 28 heavy (non-hydrogen) atoms. The van der Waals surface area contributed by atoms with Gasteiger partial charge in [-0.2, -0.15) is 0 Å². The van der Waals surface area contributed by atoms with Crippen LogP contribution in [-0.2, 0) is 6.42 Å². The Labute approximate surface area is 175 Å². The van der Waals surface area contributed by atoms with E-state index in [-0.39, 0.29) is 22.4 Å². The van der Waals surface area contributed by atoms with E-state index in [0.717, 1.165) is 27.8 Å². The number of nitro groups is 1. The highest BCUT2D eigenvalue weighted by Crippen LogP contribution is 2.37. The van der Waals surface area contributed by atoms with Crippen LogP contribution in [0.5, 0.6) is 0 Å². The van der Waals surface area contributed by atoms with Gasteiger partial charge in [-0.3, -0.25) is 14.9 Å². The fourth-order valence-electron chi connectivity index (χ4n) is 3.73. The van der Waals surface area contributed by atoms with E-state index in [2.05, 4.69) is 15.9 Å². The second-order valence-electron chi connectivity index (χ2n) is 7.06. The summed E-state index contributed by atoms with van der Waals surface area (Å²) >= 11 is 9.45. The van der Waals surface area contributed by atoms with Gasteiger partial charge in [-0.15, -0.1) is 0 Å². The smallest absolute Gasteiger partial charge is 0.289 e. The van der Waals surface area contributed by atoms with Crippen LogP contribution in [0.4, 0.5) is 5.69 Å². The normalized spacial score (nSPS) is 16.1. The quantitative estimate of drug-likeness (QED) is 0.344. The van der Waals surface area contributed by atoms with Crippen LogP contribution >= 0.6 is 27.5 Å². The van der Waals surface area contributed by atoms with E-state index in [9.17, 15) is 14.9 Å². The number of ketones is 1. The van der Waals surface area contributed by atoms with E-state index in [1.807, 2.05) is 41.8 Å². The summed E-state index contributed by atoms with van der Waals surface area (Å²) in [6, 6.07) is 14.4. The lowest BCUT2D eigenvalue weighted by atomic mass is 9.88. The Morgan fingerprint density at radius 2 is 1.86 bits per heavy atom. The van der Waals surface area contributed by atoms with Crippen molar-refractivity contribution in [2.24, 2.45) is 5.92 Å². The standard InChI is InChI=1S/C21H16BrClN2O3/c1-12-8-19-16(21(26)9-12)11-18(13-2-4-14(22)5-3-13)24(19)15-6-7-17(23)20(10-15)25(27)28/h2-7,10-12H,8-9H2,1H3/t12-/m0/s1. The highest BCUT2D eigenvalue weighted by Gasteiger charge is 2.29. The number of benzene rings is 2. The zero-order valence-electron chi connectivity index (χ0n) is 15.0. The molecular formula is C21H16BrClN2O3. The first-order chi connectivity index (χ1) is 13.3. The number of hydrogen-bond acceptors (Lipinski definition) is 3. The van der Waals surface area contributed by atoms with Crippen LogP contribution in [0.25, 0.3) is 16.9 Å². The summed E-state index contributed by atoms with van der Waals surface area (Å²) in [5, 5.41) is 11.5. The molecule has 0 aliphatic heterocycles. The Kier molecular flexibility index (Phi) is 4.85. The molecule has 5 nitrogen and oxygen atoms in total. The Morgan fingerprint density at radius 3 is 2.54 bits per heavy atom. The van der Waals surface area contributed by atoms with Gasteiger partial charge in [0.05, 0.1) is 16.3 Å². The van der Waals surface area contributed by atoms with Crippen LogP contribution < -0.4 is 0 Å². The van der Waals surface area contributed by atoms with Gasteiger partial charge in [0.1, 0.15) is 5.02 Å². The molecule has 1 atom stereocenters. The van der Waals surface area contributed by atoms with Crippen LogP contribution in [0, 0.1) is 16.0 Å². The number of nitro benzene ring substituents is 1. The lowest BCUT2D eigenvalue weighted by molar-refractivity contribution is -0.384. The van der Waals surface area contributed by atoms with Gasteiger partial charge < -0.3 is 4.57 Å². The molecule has 2 aromatic carbocycles. The number of fused-ring (bicyclic) bond motifs is 1. The van der Waals surface area contributed by atoms with Crippen molar-refractivity contribution in [3.8, 4) is 16.9 Å². The molecule has 3 aromatic rings. The number of aromatic nitrogens is 1. The van der Waals surface area contributed by atoms with Crippen LogP contribution in [0.15, 0.2) is 53.0 Å². The third-order valence-corrected chi connectivity index (χ3v) is 5.85. The van der Waals surface area contributed by atoms with E-state index in [1.165, 1.54) is 12.1 Å². The second kappa shape index (κ2) is 7.18. The Balaban J connectivity index is 2.00. The lowest BCUT2D eigenvalue weighted by Crippen LogP contribution is -2.19. The summed E-state index contributed by atoms with van der Waals surface area (Å²) < 4.78 is 2.90. The molecule has 1 aliphatic rings. The first kappa shape index (κ1) is 18.9. The van der Waals surface area contributed by atoms with E-state index >= 15 is 0 Å². The van der Waals surface area contributed by atoms with Crippen molar-refractivity contribution in [3.05, 3.63) is 79.4 Å². The van der Waals surface area contributed by atoms with Gasteiger partial charge in [0.2, 0.25) is 0 Å². The van der Waals surface area contributed by atoms with Crippen LogP contribution in [0.3, 0.4) is 0 Å². The molecule has 0 saturated heterocycles. The van der Waals surface area contributed by atoms with Gasteiger partial charge in [-0.25, -0.2) is 0 Å². The van der Waals surface area contributed by atoms with Crippen molar-refractivity contribution < 1.29 is 9.72 Å². The molecule has 0 amide bonds. The van der Waals surface area contributed by atoms with Crippen molar-refractivity contribution in [2.75, 3.05) is 0 Å². The van der Waals surface area contributed by atoms with Crippen molar-refractivity contribution in [3.63, 3.8) is 0 Å². The number of carbonyl (C=O) groups excluding carboxylic acids is 1. The third-order valence-electron chi connectivity index (χ3n) is 5.00. The van der Waals surface area contributed by atoms with Crippen molar-refractivity contribution >= 4 is 39.0 Å². The van der Waals surface area contributed by atoms with Crippen LogP contribution in [0.2, 0.25) is 5.02 Å². The highest BCUT2D eigenvalue weighted by molar-refractivity contribution is 9.10. The molecular weight excluding hydrogens is 444 g/mol. The molecule has 7 heteroatoms. The molecule has 0 spiro atoms. The maximum Gasteiger partial charge on any atom is 0.289 e. The molecule has 0 radical (unpaired) electrons. The average Bonchev–Trinajstić information content (AvgIpc) is 3.02. The minimum Gasteiger partial charge on any atom is -0.313 e. The molecule has 1 heterocycles. The molecule has 1 aliphatic carbocycles. The largest absolute Gasteiger partial charge is 0.313 e. The molecule has 0 unspecified atom stereocenters. The summed E-state index contributed by atoms with van der Waals surface area (Å²) in [7, 11) is 0. The van der Waals surface area contributed by atoms with Crippen LogP contribution in [0.1, 0.15) is 29.4 Å². The van der Waals surface area contributed by atoms with E-state index in [0.29, 0.717) is 17.7 Å². The zero-order valence-corrected chi connectivity index (χ0v) is 17.3. The number of Topliss-reactive ketones (excluding diaryl/α,β-unsaturated/α-hetero) is 1. The van der Waals surface area contributed by atoms with Gasteiger partial charge in [-0.05, 0) is 48.2 Å². The SMILES string of the molecule is C[C@@H]1CC(=O)c2cc(-c3ccc(Br)cc3)n(-c3ccc(Cl)c([N+](=O)[O-])c3)c2C1. The van der Waals surface area contributed by atoms with Crippen LogP contribution in [-0.4, -0.2) is 15.3 Å². The second-order valence-corrected chi connectivity index (χ2v) is 8.38. The van der Waals surface area contributed by atoms with Gasteiger partial charge >= 0.3 is 0 Å². The molecule has 0 saturated carbocycles. The van der Waals surface area contributed by atoms with Gasteiger partial charge in [0.15, 0.2) is 5.78 Å². The molecule has 4 rings (SSSR count). The minimum atomic E-state index is -0.491. The maximum absolute atomic E-state index is 12.7. The summed E-state index contributed by atoms with van der Waals surface area (Å²) in [6.07, 6.45) is 1.24. The number of hydrogen-bond donors (Lipinski definition) is 0. The van der Waals surface area contributed by atoms with E-state index in [1.54, 1.807) is 6.07 Å². The Bertz CT molecular complexity index is 1110. The average molecular weight is 460 g/mol. The summed E-state index contributed by atoms with van der Waals surface area (Å²) in [5.74, 6) is 0.322. The van der Waals surface area contributed by atoms with Gasteiger partial charge in [0.25, 0.3) is 5.69 Å². The van der Waals surface area contributed by atoms with Crippen molar-refractivity contribution in [1.29, 1.82) is 0 Å². The molecule has 0 bridgehead atoms. The maximum atomic E-state index is 12.7. The number of nitrogens with zero attached hydrogens (tertiary/aromatic N) is 2. The first-order valence-corrected chi connectivity index (χ1v) is 10.0. The van der Waals surface area contributed by atoms with E-state index < -0.39 is 4.92 Å².